The molecule has 1 aromatic rings. The number of carbonyl (C=O) groups excluding carboxylic acids is 1. The molecule has 0 bridgehead atoms. The van der Waals surface area contributed by atoms with Crippen LogP contribution < -0.4 is 5.73 Å². The second kappa shape index (κ2) is 6.19. The summed E-state index contributed by atoms with van der Waals surface area (Å²) < 4.78 is 18.4. The van der Waals surface area contributed by atoms with E-state index >= 15 is 0 Å². The fourth-order valence-electron chi connectivity index (χ4n) is 1.95. The van der Waals surface area contributed by atoms with E-state index < -0.39 is 17.2 Å². The maximum atomic E-state index is 13.4. The van der Waals surface area contributed by atoms with E-state index in [1.54, 1.807) is 13.8 Å². The molecule has 2 N–H and O–H groups in total. The number of anilines is 1. The van der Waals surface area contributed by atoms with E-state index in [9.17, 15) is 9.18 Å². The fourth-order valence-corrected chi connectivity index (χ4v) is 1.95. The molecule has 102 valence electrons. The number of nitrogen functional groups attached to an aromatic ring is 1. The van der Waals surface area contributed by atoms with E-state index in [4.69, 9.17) is 15.7 Å². The van der Waals surface area contributed by atoms with Crippen LogP contribution in [0.25, 0.3) is 0 Å². The fraction of sp³-hybridized carbons (Fsp3) is 0.429. The predicted octanol–water partition coefficient (Wildman–Crippen LogP) is 2.53. The topological polar surface area (TPSA) is 76.1 Å². The highest BCUT2D eigenvalue weighted by Gasteiger charge is 2.38. The van der Waals surface area contributed by atoms with Gasteiger partial charge in [0.15, 0.2) is 0 Å². The highest BCUT2D eigenvalue weighted by atomic mass is 19.1. The Balaban J connectivity index is 3.26. The van der Waals surface area contributed by atoms with Crippen LogP contribution in [0.15, 0.2) is 18.2 Å². The van der Waals surface area contributed by atoms with E-state index in [0.717, 1.165) is 0 Å². The Kier molecular flexibility index (Phi) is 4.87. The van der Waals surface area contributed by atoms with Gasteiger partial charge in [0, 0.05) is 12.1 Å². The zero-order valence-corrected chi connectivity index (χ0v) is 11.1. The van der Waals surface area contributed by atoms with Crippen LogP contribution >= 0.6 is 0 Å². The Hall–Kier alpha value is -2.09. The molecule has 19 heavy (non-hydrogen) atoms. The average molecular weight is 264 g/mol. The van der Waals surface area contributed by atoms with Crippen molar-refractivity contribution >= 4 is 11.7 Å². The standard InChI is InChI=1S/C14H17FN2O2/c1-3-19-13(18)14(2,7-4-8-16)11-9-10(15)5-6-12(11)17/h5-6,9H,3-4,7,17H2,1-2H3. The molecule has 5 heteroatoms. The SMILES string of the molecule is CCOC(=O)C(C)(CCC#N)c1cc(F)ccc1N. The summed E-state index contributed by atoms with van der Waals surface area (Å²) in [4.78, 5) is 12.1. The zero-order valence-electron chi connectivity index (χ0n) is 11.1. The lowest BCUT2D eigenvalue weighted by atomic mass is 9.77. The maximum Gasteiger partial charge on any atom is 0.316 e. The van der Waals surface area contributed by atoms with Crippen molar-refractivity contribution in [3.63, 3.8) is 0 Å². The van der Waals surface area contributed by atoms with Gasteiger partial charge in [-0.2, -0.15) is 5.26 Å². The van der Waals surface area contributed by atoms with E-state index in [-0.39, 0.29) is 19.4 Å². The number of nitrogens with zero attached hydrogens (tertiary/aromatic N) is 1. The molecule has 1 rings (SSSR count). The molecule has 1 atom stereocenters. The summed E-state index contributed by atoms with van der Waals surface area (Å²) in [7, 11) is 0. The van der Waals surface area contributed by atoms with Crippen LogP contribution in [0.1, 0.15) is 32.3 Å². The molecule has 0 amide bonds. The number of rotatable bonds is 5. The minimum Gasteiger partial charge on any atom is -0.465 e. The van der Waals surface area contributed by atoms with Gasteiger partial charge < -0.3 is 10.5 Å². The normalized spacial score (nSPS) is 13.4. The number of nitriles is 1. The second-order valence-electron chi connectivity index (χ2n) is 4.44. The highest BCUT2D eigenvalue weighted by Crippen LogP contribution is 2.34. The Labute approximate surface area is 112 Å². The third-order valence-corrected chi connectivity index (χ3v) is 3.07. The first-order chi connectivity index (χ1) is 8.95. The Morgan fingerprint density at radius 2 is 2.26 bits per heavy atom. The summed E-state index contributed by atoms with van der Waals surface area (Å²) in [5.74, 6) is -0.973. The van der Waals surface area contributed by atoms with Gasteiger partial charge >= 0.3 is 5.97 Å². The van der Waals surface area contributed by atoms with Crippen molar-refractivity contribution in [2.45, 2.75) is 32.1 Å². The summed E-state index contributed by atoms with van der Waals surface area (Å²) >= 11 is 0. The third kappa shape index (κ3) is 3.22. The summed E-state index contributed by atoms with van der Waals surface area (Å²) in [5.41, 5.74) is 5.39. The van der Waals surface area contributed by atoms with Gasteiger partial charge in [-0.25, -0.2) is 4.39 Å². The molecule has 0 aliphatic carbocycles. The first-order valence-corrected chi connectivity index (χ1v) is 6.05. The van der Waals surface area contributed by atoms with Gasteiger partial charge in [-0.05, 0) is 44.0 Å². The largest absolute Gasteiger partial charge is 0.465 e. The molecule has 0 aliphatic rings. The van der Waals surface area contributed by atoms with Crippen LogP contribution in [-0.4, -0.2) is 12.6 Å². The first-order valence-electron chi connectivity index (χ1n) is 6.05. The summed E-state index contributed by atoms with van der Waals surface area (Å²) in [6.45, 7) is 3.53. The Bertz CT molecular complexity index is 511. The number of ether oxygens (including phenoxy) is 1. The van der Waals surface area contributed by atoms with Gasteiger partial charge in [-0.1, -0.05) is 0 Å². The smallest absolute Gasteiger partial charge is 0.316 e. The quantitative estimate of drug-likeness (QED) is 0.655. The van der Waals surface area contributed by atoms with E-state index in [1.165, 1.54) is 18.2 Å². The third-order valence-electron chi connectivity index (χ3n) is 3.07. The van der Waals surface area contributed by atoms with Crippen molar-refractivity contribution in [3.8, 4) is 6.07 Å². The summed E-state index contributed by atoms with van der Waals surface area (Å²) in [6.07, 6.45) is 0.390. The van der Waals surface area contributed by atoms with Crippen LogP contribution in [0, 0.1) is 17.1 Å². The van der Waals surface area contributed by atoms with Crippen LogP contribution in [0.5, 0.6) is 0 Å². The molecule has 1 unspecified atom stereocenters. The van der Waals surface area contributed by atoms with E-state index in [1.807, 2.05) is 6.07 Å². The van der Waals surface area contributed by atoms with Gasteiger partial charge in [0.2, 0.25) is 0 Å². The minimum atomic E-state index is -1.11. The van der Waals surface area contributed by atoms with Crippen LogP contribution in [0.4, 0.5) is 10.1 Å². The van der Waals surface area contributed by atoms with Crippen LogP contribution in [-0.2, 0) is 14.9 Å². The van der Waals surface area contributed by atoms with Crippen LogP contribution in [0.3, 0.4) is 0 Å². The summed E-state index contributed by atoms with van der Waals surface area (Å²) in [5, 5.41) is 8.70. The Morgan fingerprint density at radius 3 is 2.84 bits per heavy atom. The molecule has 4 nitrogen and oxygen atoms in total. The highest BCUT2D eigenvalue weighted by molar-refractivity contribution is 5.84. The zero-order chi connectivity index (χ0) is 14.5. The number of benzene rings is 1. The van der Waals surface area contributed by atoms with Gasteiger partial charge in [-0.15, -0.1) is 0 Å². The van der Waals surface area contributed by atoms with Crippen molar-refractivity contribution in [2.75, 3.05) is 12.3 Å². The number of hydrogen-bond donors (Lipinski definition) is 1. The lowest BCUT2D eigenvalue weighted by molar-refractivity contribution is -0.149. The molecule has 0 heterocycles. The monoisotopic (exact) mass is 264 g/mol. The number of halogens is 1. The summed E-state index contributed by atoms with van der Waals surface area (Å²) in [6, 6.07) is 5.85. The van der Waals surface area contributed by atoms with Crippen LogP contribution in [0.2, 0.25) is 0 Å². The van der Waals surface area contributed by atoms with Crippen molar-refractivity contribution < 1.29 is 13.9 Å². The van der Waals surface area contributed by atoms with Gasteiger partial charge in [0.05, 0.1) is 18.1 Å². The molecule has 0 aliphatic heterocycles. The molecular weight excluding hydrogens is 247 g/mol. The molecule has 0 spiro atoms. The van der Waals surface area contributed by atoms with E-state index in [0.29, 0.717) is 11.3 Å². The van der Waals surface area contributed by atoms with E-state index in [2.05, 4.69) is 0 Å². The van der Waals surface area contributed by atoms with Gasteiger partial charge in [0.25, 0.3) is 0 Å². The number of hydrogen-bond acceptors (Lipinski definition) is 4. The molecule has 0 radical (unpaired) electrons. The van der Waals surface area contributed by atoms with Gasteiger partial charge in [0.1, 0.15) is 5.82 Å². The second-order valence-corrected chi connectivity index (χ2v) is 4.44. The number of carbonyl (C=O) groups is 1. The minimum absolute atomic E-state index is 0.158. The molecule has 0 fully saturated rings. The predicted molar refractivity (Wildman–Crippen MR) is 69.6 cm³/mol. The molecule has 1 aromatic carbocycles. The average Bonchev–Trinajstić information content (AvgIpc) is 2.39. The molecule has 0 saturated carbocycles. The Morgan fingerprint density at radius 1 is 1.58 bits per heavy atom. The lowest BCUT2D eigenvalue weighted by Gasteiger charge is -2.28. The lowest BCUT2D eigenvalue weighted by Crippen LogP contribution is -2.35. The molecule has 0 aromatic heterocycles. The van der Waals surface area contributed by atoms with Gasteiger partial charge in [-0.3, -0.25) is 4.79 Å². The molecule has 0 saturated heterocycles. The first kappa shape index (κ1) is 15.0. The van der Waals surface area contributed by atoms with Crippen molar-refractivity contribution in [3.05, 3.63) is 29.6 Å². The number of nitrogens with two attached hydrogens (primary N) is 1. The maximum absolute atomic E-state index is 13.4. The van der Waals surface area contributed by atoms with Crippen molar-refractivity contribution in [1.82, 2.24) is 0 Å². The van der Waals surface area contributed by atoms with Crippen molar-refractivity contribution in [2.24, 2.45) is 0 Å². The van der Waals surface area contributed by atoms with Crippen molar-refractivity contribution in [1.29, 1.82) is 5.26 Å². The number of esters is 1. The molecular formula is C14H17FN2O2.